The molecule has 0 saturated heterocycles. The summed E-state index contributed by atoms with van der Waals surface area (Å²) in [5.41, 5.74) is 1.70. The molecule has 0 unspecified atom stereocenters. The number of anilines is 1. The second kappa shape index (κ2) is 9.64. The highest BCUT2D eigenvalue weighted by molar-refractivity contribution is 9.10. The lowest BCUT2D eigenvalue weighted by molar-refractivity contribution is -0.149. The lowest BCUT2D eigenvalue weighted by atomic mass is 10.0. The minimum Gasteiger partial charge on any atom is -0.482 e. The molecule has 0 bridgehead atoms. The van der Waals surface area contributed by atoms with Crippen molar-refractivity contribution in [2.75, 3.05) is 18.5 Å². The van der Waals surface area contributed by atoms with E-state index >= 15 is 0 Å². The van der Waals surface area contributed by atoms with Crippen LogP contribution in [0.2, 0.25) is 0 Å². The van der Waals surface area contributed by atoms with E-state index in [0.29, 0.717) is 11.8 Å². The molecule has 0 atom stereocenters. The molecule has 0 aliphatic rings. The molecule has 0 radical (unpaired) electrons. The van der Waals surface area contributed by atoms with Gasteiger partial charge in [0.2, 0.25) is 0 Å². The number of hydrogen-bond donors (Lipinski definition) is 1. The molecular formula is C20H20BrF2NO4. The SMILES string of the molecule is Cc1ccc(C(C)C)c(OCC(=O)OCC(=O)Nc2c(F)cc(F)cc2Br)c1. The molecule has 2 aromatic carbocycles. The first-order chi connectivity index (χ1) is 13.2. The van der Waals surface area contributed by atoms with Crippen molar-refractivity contribution in [2.45, 2.75) is 26.7 Å². The molecule has 1 N–H and O–H groups in total. The van der Waals surface area contributed by atoms with Crippen LogP contribution in [0.1, 0.15) is 30.9 Å². The van der Waals surface area contributed by atoms with Gasteiger partial charge in [-0.2, -0.15) is 0 Å². The van der Waals surface area contributed by atoms with Gasteiger partial charge >= 0.3 is 5.97 Å². The van der Waals surface area contributed by atoms with Crippen molar-refractivity contribution in [2.24, 2.45) is 0 Å². The number of esters is 1. The highest BCUT2D eigenvalue weighted by atomic mass is 79.9. The van der Waals surface area contributed by atoms with E-state index in [2.05, 4.69) is 21.2 Å². The van der Waals surface area contributed by atoms with Crippen LogP contribution in [-0.2, 0) is 14.3 Å². The van der Waals surface area contributed by atoms with E-state index in [1.165, 1.54) is 0 Å². The van der Waals surface area contributed by atoms with E-state index < -0.39 is 30.1 Å². The number of nitrogens with one attached hydrogen (secondary N) is 1. The first kappa shape index (κ1) is 21.8. The summed E-state index contributed by atoms with van der Waals surface area (Å²) in [7, 11) is 0. The summed E-state index contributed by atoms with van der Waals surface area (Å²) in [6.45, 7) is 4.92. The molecule has 2 aromatic rings. The number of amides is 1. The number of benzene rings is 2. The minimum absolute atomic E-state index is 0.0358. The second-order valence-corrected chi connectivity index (χ2v) is 7.29. The van der Waals surface area contributed by atoms with E-state index in [1.54, 1.807) is 0 Å². The topological polar surface area (TPSA) is 64.6 Å². The molecule has 0 saturated carbocycles. The second-order valence-electron chi connectivity index (χ2n) is 6.44. The Bertz CT molecular complexity index is 863. The van der Waals surface area contributed by atoms with Crippen LogP contribution >= 0.6 is 15.9 Å². The molecule has 0 spiro atoms. The molecule has 150 valence electrons. The van der Waals surface area contributed by atoms with E-state index in [0.717, 1.165) is 17.2 Å². The Morgan fingerprint density at radius 1 is 1.14 bits per heavy atom. The van der Waals surface area contributed by atoms with Gasteiger partial charge in [0, 0.05) is 10.5 Å². The van der Waals surface area contributed by atoms with Crippen LogP contribution in [0.4, 0.5) is 14.5 Å². The van der Waals surface area contributed by atoms with E-state index in [-0.39, 0.29) is 22.7 Å². The lowest BCUT2D eigenvalue weighted by Crippen LogP contribution is -2.24. The van der Waals surface area contributed by atoms with Crippen LogP contribution in [0.3, 0.4) is 0 Å². The first-order valence-electron chi connectivity index (χ1n) is 8.50. The van der Waals surface area contributed by atoms with Gasteiger partial charge in [0.15, 0.2) is 19.0 Å². The highest BCUT2D eigenvalue weighted by Crippen LogP contribution is 2.28. The van der Waals surface area contributed by atoms with E-state index in [9.17, 15) is 18.4 Å². The number of halogens is 3. The van der Waals surface area contributed by atoms with Crippen molar-refractivity contribution < 1.29 is 27.8 Å². The number of ether oxygens (including phenoxy) is 2. The van der Waals surface area contributed by atoms with Crippen molar-refractivity contribution in [3.8, 4) is 5.75 Å². The van der Waals surface area contributed by atoms with Gasteiger partial charge < -0.3 is 14.8 Å². The van der Waals surface area contributed by atoms with Crippen molar-refractivity contribution >= 4 is 33.5 Å². The zero-order valence-electron chi connectivity index (χ0n) is 15.6. The predicted molar refractivity (Wildman–Crippen MR) is 104 cm³/mol. The van der Waals surface area contributed by atoms with Crippen molar-refractivity contribution in [1.29, 1.82) is 0 Å². The molecule has 0 aliphatic carbocycles. The fraction of sp³-hybridized carbons (Fsp3) is 0.300. The minimum atomic E-state index is -0.949. The van der Waals surface area contributed by atoms with Gasteiger partial charge in [-0.1, -0.05) is 26.0 Å². The third kappa shape index (κ3) is 6.02. The fourth-order valence-corrected chi connectivity index (χ4v) is 2.91. The average Bonchev–Trinajstić information content (AvgIpc) is 2.61. The van der Waals surface area contributed by atoms with Gasteiger partial charge in [0.05, 0.1) is 5.69 Å². The smallest absolute Gasteiger partial charge is 0.344 e. The van der Waals surface area contributed by atoms with Gasteiger partial charge in [-0.15, -0.1) is 0 Å². The Morgan fingerprint density at radius 3 is 2.50 bits per heavy atom. The molecule has 0 aliphatic heterocycles. The third-order valence-corrected chi connectivity index (χ3v) is 4.40. The maximum absolute atomic E-state index is 13.7. The van der Waals surface area contributed by atoms with Crippen LogP contribution in [-0.4, -0.2) is 25.1 Å². The molecule has 5 nitrogen and oxygen atoms in total. The largest absolute Gasteiger partial charge is 0.482 e. The van der Waals surface area contributed by atoms with Gasteiger partial charge in [-0.05, 0) is 52.0 Å². The standard InChI is InChI=1S/C20H20BrF2NO4/c1-11(2)14-5-4-12(3)6-17(14)27-10-19(26)28-9-18(25)24-20-15(21)7-13(22)8-16(20)23/h4-8,11H,9-10H2,1-3H3,(H,24,25). The zero-order valence-corrected chi connectivity index (χ0v) is 17.2. The summed E-state index contributed by atoms with van der Waals surface area (Å²) in [6, 6.07) is 7.35. The highest BCUT2D eigenvalue weighted by Gasteiger charge is 2.15. The molecule has 1 amide bonds. The van der Waals surface area contributed by atoms with Crippen molar-refractivity contribution in [3.05, 3.63) is 57.6 Å². The number of aryl methyl sites for hydroxylation is 1. The Kier molecular flexibility index (Phi) is 7.51. The van der Waals surface area contributed by atoms with E-state index in [1.807, 2.05) is 39.0 Å². The monoisotopic (exact) mass is 455 g/mol. The Labute approximate surface area is 170 Å². The number of hydrogen-bond acceptors (Lipinski definition) is 4. The van der Waals surface area contributed by atoms with Gasteiger partial charge in [-0.25, -0.2) is 13.6 Å². The Hall–Kier alpha value is -2.48. The van der Waals surface area contributed by atoms with Crippen LogP contribution in [0.5, 0.6) is 5.75 Å². The Morgan fingerprint density at radius 2 is 1.86 bits per heavy atom. The lowest BCUT2D eigenvalue weighted by Gasteiger charge is -2.14. The van der Waals surface area contributed by atoms with Crippen LogP contribution in [0, 0.1) is 18.6 Å². The summed E-state index contributed by atoms with van der Waals surface area (Å²) >= 11 is 2.96. The maximum Gasteiger partial charge on any atom is 0.344 e. The van der Waals surface area contributed by atoms with Crippen LogP contribution < -0.4 is 10.1 Å². The molecule has 0 aromatic heterocycles. The number of rotatable bonds is 7. The molecule has 0 fully saturated rings. The predicted octanol–water partition coefficient (Wildman–Crippen LogP) is 4.72. The Balaban J connectivity index is 1.88. The molecule has 2 rings (SSSR count). The molecule has 8 heteroatoms. The maximum atomic E-state index is 13.7. The zero-order chi connectivity index (χ0) is 20.8. The number of carbonyl (C=O) groups excluding carboxylic acids is 2. The summed E-state index contributed by atoms with van der Waals surface area (Å²) in [6.07, 6.45) is 0. The van der Waals surface area contributed by atoms with Crippen LogP contribution in [0.25, 0.3) is 0 Å². The molecule has 0 heterocycles. The van der Waals surface area contributed by atoms with E-state index in [4.69, 9.17) is 9.47 Å². The summed E-state index contributed by atoms with van der Waals surface area (Å²) in [5.74, 6) is -2.46. The number of carbonyl (C=O) groups is 2. The van der Waals surface area contributed by atoms with Gasteiger partial charge in [0.25, 0.3) is 5.91 Å². The summed E-state index contributed by atoms with van der Waals surface area (Å²) < 4.78 is 37.2. The molecule has 28 heavy (non-hydrogen) atoms. The fourth-order valence-electron chi connectivity index (χ4n) is 2.41. The summed E-state index contributed by atoms with van der Waals surface area (Å²) in [5, 5.41) is 2.22. The third-order valence-electron chi connectivity index (χ3n) is 3.77. The van der Waals surface area contributed by atoms with Crippen molar-refractivity contribution in [3.63, 3.8) is 0 Å². The van der Waals surface area contributed by atoms with Gasteiger partial charge in [0.1, 0.15) is 11.6 Å². The first-order valence-corrected chi connectivity index (χ1v) is 9.30. The quantitative estimate of drug-likeness (QED) is 0.613. The van der Waals surface area contributed by atoms with Gasteiger partial charge in [-0.3, -0.25) is 4.79 Å². The summed E-state index contributed by atoms with van der Waals surface area (Å²) in [4.78, 5) is 23.7. The normalized spacial score (nSPS) is 10.7. The molecular weight excluding hydrogens is 436 g/mol. The van der Waals surface area contributed by atoms with Crippen LogP contribution in [0.15, 0.2) is 34.8 Å². The average molecular weight is 456 g/mol. The van der Waals surface area contributed by atoms with Crippen molar-refractivity contribution in [1.82, 2.24) is 0 Å².